The first-order valence-electron chi connectivity index (χ1n) is 7.10. The fourth-order valence-electron chi connectivity index (χ4n) is 2.48. The standard InChI is InChI=1S/C16H11FN6S/c1-24-16-19-8-5-10(21-16)13-12-4-2-3-9-23(12)22-14(13)11-6-7-18-15(17)20-11/h2-9H,1H3. The maximum Gasteiger partial charge on any atom is 0.309 e. The van der Waals surface area contributed by atoms with Crippen LogP contribution in [0, 0.1) is 6.08 Å². The van der Waals surface area contributed by atoms with E-state index >= 15 is 0 Å². The molecule has 0 spiro atoms. The average molecular weight is 338 g/mol. The van der Waals surface area contributed by atoms with Gasteiger partial charge in [0, 0.05) is 18.6 Å². The summed E-state index contributed by atoms with van der Waals surface area (Å²) in [6.07, 6.45) is 6.03. The van der Waals surface area contributed by atoms with E-state index < -0.39 is 6.08 Å². The normalized spacial score (nSPS) is 11.1. The van der Waals surface area contributed by atoms with E-state index in [2.05, 4.69) is 25.0 Å². The Kier molecular flexibility index (Phi) is 3.66. The molecule has 118 valence electrons. The molecular weight excluding hydrogens is 327 g/mol. The smallest absolute Gasteiger partial charge is 0.240 e. The Labute approximate surface area is 140 Å². The Morgan fingerprint density at radius 3 is 2.67 bits per heavy atom. The predicted octanol–water partition coefficient (Wildman–Crippen LogP) is 3.11. The van der Waals surface area contributed by atoms with Crippen LogP contribution in [-0.2, 0) is 0 Å². The van der Waals surface area contributed by atoms with Crippen molar-refractivity contribution in [2.24, 2.45) is 0 Å². The van der Waals surface area contributed by atoms with Crippen LogP contribution in [0.3, 0.4) is 0 Å². The summed E-state index contributed by atoms with van der Waals surface area (Å²) in [7, 11) is 0. The minimum Gasteiger partial charge on any atom is -0.240 e. The summed E-state index contributed by atoms with van der Waals surface area (Å²) in [5.41, 5.74) is 3.31. The van der Waals surface area contributed by atoms with E-state index in [-0.39, 0.29) is 0 Å². The lowest BCUT2D eigenvalue weighted by Crippen LogP contribution is -1.94. The topological polar surface area (TPSA) is 68.9 Å². The van der Waals surface area contributed by atoms with Gasteiger partial charge in [-0.15, -0.1) is 0 Å². The van der Waals surface area contributed by atoms with Crippen LogP contribution >= 0.6 is 11.8 Å². The quantitative estimate of drug-likeness (QED) is 0.422. The minimum atomic E-state index is -0.789. The number of halogens is 1. The molecule has 0 aliphatic heterocycles. The van der Waals surface area contributed by atoms with E-state index in [4.69, 9.17) is 0 Å². The molecule has 8 heteroatoms. The lowest BCUT2D eigenvalue weighted by molar-refractivity contribution is 0.540. The van der Waals surface area contributed by atoms with E-state index in [0.717, 1.165) is 11.1 Å². The fraction of sp³-hybridized carbons (Fsp3) is 0.0625. The zero-order chi connectivity index (χ0) is 16.5. The molecule has 24 heavy (non-hydrogen) atoms. The third kappa shape index (κ3) is 2.50. The lowest BCUT2D eigenvalue weighted by atomic mass is 10.1. The van der Waals surface area contributed by atoms with Crippen molar-refractivity contribution in [3.05, 3.63) is 55.0 Å². The number of hydrogen-bond donors (Lipinski definition) is 0. The molecule has 4 rings (SSSR count). The van der Waals surface area contributed by atoms with Crippen LogP contribution in [0.5, 0.6) is 0 Å². The number of fused-ring (bicyclic) bond motifs is 1. The maximum absolute atomic E-state index is 13.5. The highest BCUT2D eigenvalue weighted by Gasteiger charge is 2.19. The van der Waals surface area contributed by atoms with Crippen LogP contribution in [-0.4, -0.2) is 35.8 Å². The van der Waals surface area contributed by atoms with Crippen LogP contribution in [0.2, 0.25) is 0 Å². The highest BCUT2D eigenvalue weighted by Crippen LogP contribution is 2.33. The van der Waals surface area contributed by atoms with Crippen molar-refractivity contribution in [1.82, 2.24) is 29.5 Å². The Morgan fingerprint density at radius 2 is 1.83 bits per heavy atom. The summed E-state index contributed by atoms with van der Waals surface area (Å²) in [5, 5.41) is 5.20. The van der Waals surface area contributed by atoms with Crippen molar-refractivity contribution in [2.45, 2.75) is 5.16 Å². The van der Waals surface area contributed by atoms with Gasteiger partial charge in [0.15, 0.2) is 5.16 Å². The van der Waals surface area contributed by atoms with Crippen LogP contribution in [0.25, 0.3) is 28.2 Å². The van der Waals surface area contributed by atoms with Crippen molar-refractivity contribution in [2.75, 3.05) is 6.26 Å². The van der Waals surface area contributed by atoms with E-state index in [1.807, 2.05) is 36.7 Å². The molecular formula is C16H11FN6S. The average Bonchev–Trinajstić information content (AvgIpc) is 3.01. The van der Waals surface area contributed by atoms with Gasteiger partial charge in [0.25, 0.3) is 0 Å². The summed E-state index contributed by atoms with van der Waals surface area (Å²) >= 11 is 1.45. The number of aromatic nitrogens is 6. The Morgan fingerprint density at radius 1 is 1.00 bits per heavy atom. The Hall–Kier alpha value is -2.87. The van der Waals surface area contributed by atoms with Crippen molar-refractivity contribution in [3.63, 3.8) is 0 Å². The molecule has 0 amide bonds. The highest BCUT2D eigenvalue weighted by molar-refractivity contribution is 7.98. The molecule has 0 atom stereocenters. The molecule has 0 aromatic carbocycles. The van der Waals surface area contributed by atoms with E-state index in [0.29, 0.717) is 22.2 Å². The highest BCUT2D eigenvalue weighted by atomic mass is 32.2. The maximum atomic E-state index is 13.5. The largest absolute Gasteiger partial charge is 0.309 e. The van der Waals surface area contributed by atoms with Gasteiger partial charge >= 0.3 is 6.08 Å². The first-order chi connectivity index (χ1) is 11.8. The molecule has 4 aromatic rings. The zero-order valence-corrected chi connectivity index (χ0v) is 13.4. The second-order valence-electron chi connectivity index (χ2n) is 4.89. The van der Waals surface area contributed by atoms with Crippen molar-refractivity contribution in [1.29, 1.82) is 0 Å². The molecule has 4 heterocycles. The summed E-state index contributed by atoms with van der Waals surface area (Å²) in [6.45, 7) is 0. The summed E-state index contributed by atoms with van der Waals surface area (Å²) in [5.74, 6) is 0. The molecule has 0 radical (unpaired) electrons. The van der Waals surface area contributed by atoms with Crippen LogP contribution < -0.4 is 0 Å². The zero-order valence-electron chi connectivity index (χ0n) is 12.6. The number of rotatable bonds is 3. The molecule has 0 saturated heterocycles. The molecule has 0 aliphatic carbocycles. The van der Waals surface area contributed by atoms with Crippen LogP contribution in [0.4, 0.5) is 4.39 Å². The van der Waals surface area contributed by atoms with Gasteiger partial charge in [-0.25, -0.2) is 24.5 Å². The molecule has 0 saturated carbocycles. The lowest BCUT2D eigenvalue weighted by Gasteiger charge is -2.03. The summed E-state index contributed by atoms with van der Waals surface area (Å²) in [4.78, 5) is 16.1. The van der Waals surface area contributed by atoms with Gasteiger partial charge in [0.05, 0.1) is 22.5 Å². The first-order valence-corrected chi connectivity index (χ1v) is 8.32. The number of hydrogen-bond acceptors (Lipinski definition) is 6. The predicted molar refractivity (Wildman–Crippen MR) is 89.0 cm³/mol. The second-order valence-corrected chi connectivity index (χ2v) is 5.67. The van der Waals surface area contributed by atoms with Crippen molar-refractivity contribution < 1.29 is 4.39 Å². The number of thioether (sulfide) groups is 1. The third-order valence-corrected chi connectivity index (χ3v) is 4.04. The van der Waals surface area contributed by atoms with Gasteiger partial charge in [-0.1, -0.05) is 17.8 Å². The second kappa shape index (κ2) is 5.97. The van der Waals surface area contributed by atoms with Crippen molar-refractivity contribution in [3.8, 4) is 22.6 Å². The minimum absolute atomic E-state index is 0.408. The monoisotopic (exact) mass is 338 g/mol. The summed E-state index contributed by atoms with van der Waals surface area (Å²) < 4.78 is 15.2. The Balaban J connectivity index is 2.03. The van der Waals surface area contributed by atoms with Crippen LogP contribution in [0.15, 0.2) is 54.1 Å². The van der Waals surface area contributed by atoms with Gasteiger partial charge < -0.3 is 0 Å². The molecule has 0 unspecified atom stereocenters. The fourth-order valence-corrected chi connectivity index (χ4v) is 2.83. The van der Waals surface area contributed by atoms with Gasteiger partial charge in [-0.05, 0) is 30.5 Å². The van der Waals surface area contributed by atoms with Gasteiger partial charge in [0.1, 0.15) is 5.69 Å². The van der Waals surface area contributed by atoms with Gasteiger partial charge in [-0.3, -0.25) is 0 Å². The molecule has 0 aliphatic rings. The molecule has 6 nitrogen and oxygen atoms in total. The number of nitrogens with zero attached hydrogens (tertiary/aromatic N) is 6. The van der Waals surface area contributed by atoms with Gasteiger partial charge in [0.2, 0.25) is 0 Å². The molecule has 0 bridgehead atoms. The van der Waals surface area contributed by atoms with Crippen molar-refractivity contribution >= 4 is 17.3 Å². The van der Waals surface area contributed by atoms with Gasteiger partial charge in [-0.2, -0.15) is 9.49 Å². The first kappa shape index (κ1) is 14.7. The SMILES string of the molecule is CSc1nccc(-c2c(-c3ccnc(F)n3)nn3ccccc23)n1. The number of pyridine rings is 1. The van der Waals surface area contributed by atoms with Crippen LogP contribution in [0.1, 0.15) is 0 Å². The third-order valence-electron chi connectivity index (χ3n) is 3.48. The molecule has 0 fully saturated rings. The van der Waals surface area contributed by atoms with E-state index in [9.17, 15) is 4.39 Å². The molecule has 0 N–H and O–H groups in total. The van der Waals surface area contributed by atoms with E-state index in [1.54, 1.807) is 16.8 Å². The Bertz CT molecular complexity index is 1030. The molecule has 4 aromatic heterocycles. The van der Waals surface area contributed by atoms with E-state index in [1.165, 1.54) is 18.0 Å². The summed E-state index contributed by atoms with van der Waals surface area (Å²) in [6, 6.07) is 9.17.